The Morgan fingerprint density at radius 3 is 2.43 bits per heavy atom. The van der Waals surface area contributed by atoms with E-state index in [9.17, 15) is 4.79 Å². The number of aryl methyl sites for hydroxylation is 1. The lowest BCUT2D eigenvalue weighted by Gasteiger charge is -2.39. The van der Waals surface area contributed by atoms with Crippen LogP contribution in [0.4, 0.5) is 5.69 Å². The molecule has 0 radical (unpaired) electrons. The first-order valence-electron chi connectivity index (χ1n) is 15.8. The third-order valence-corrected chi connectivity index (χ3v) is 9.28. The molecule has 0 aliphatic carbocycles. The molecule has 4 nitrogen and oxygen atoms in total. The van der Waals surface area contributed by atoms with E-state index in [1.54, 1.807) is 0 Å². The molecule has 0 aromatic heterocycles. The molecule has 1 aliphatic rings. The van der Waals surface area contributed by atoms with Crippen molar-refractivity contribution in [3.63, 3.8) is 0 Å². The summed E-state index contributed by atoms with van der Waals surface area (Å²) in [5, 5.41) is 11.4. The molecule has 0 spiro atoms. The van der Waals surface area contributed by atoms with Crippen molar-refractivity contribution in [2.75, 3.05) is 11.4 Å². The van der Waals surface area contributed by atoms with Gasteiger partial charge in [0.25, 0.3) is 0 Å². The molecule has 1 heterocycles. The van der Waals surface area contributed by atoms with Gasteiger partial charge in [-0.05, 0) is 92.6 Å². The number of allylic oxidation sites excluding steroid dienone is 3. The fraction of sp³-hybridized carbons (Fsp3) is 0.421. The minimum Gasteiger partial charge on any atom is -0.330 e. The summed E-state index contributed by atoms with van der Waals surface area (Å²) in [5.41, 5.74) is 12.2. The van der Waals surface area contributed by atoms with Crippen molar-refractivity contribution in [2.45, 2.75) is 85.0 Å². The number of carbonyl (C=O) groups is 1. The van der Waals surface area contributed by atoms with Gasteiger partial charge in [-0.25, -0.2) is 0 Å². The smallest absolute Gasteiger partial charge is 0.235 e. The molecule has 2 N–H and O–H groups in total. The van der Waals surface area contributed by atoms with Gasteiger partial charge in [0.1, 0.15) is 0 Å². The molecule has 1 aliphatic heterocycles. The van der Waals surface area contributed by atoms with Crippen LogP contribution in [-0.2, 0) is 17.6 Å². The number of unbranched alkanes of at least 4 members (excludes halogenated alkanes) is 1. The first kappa shape index (κ1) is 31.3. The van der Waals surface area contributed by atoms with Crippen LogP contribution in [0.2, 0.25) is 0 Å². The second kappa shape index (κ2) is 14.5. The van der Waals surface area contributed by atoms with Gasteiger partial charge in [-0.15, -0.1) is 0 Å². The van der Waals surface area contributed by atoms with Gasteiger partial charge < -0.3 is 5.73 Å². The van der Waals surface area contributed by atoms with Crippen LogP contribution in [0.25, 0.3) is 10.8 Å². The van der Waals surface area contributed by atoms with E-state index in [0.29, 0.717) is 12.1 Å². The molecule has 220 valence electrons. The number of anilines is 1. The van der Waals surface area contributed by atoms with Crippen LogP contribution in [0, 0.1) is 22.7 Å². The molecule has 1 saturated heterocycles. The first-order valence-corrected chi connectivity index (χ1v) is 15.8. The highest BCUT2D eigenvalue weighted by Gasteiger charge is 2.49. The van der Waals surface area contributed by atoms with Crippen LogP contribution >= 0.6 is 0 Å². The van der Waals surface area contributed by atoms with Gasteiger partial charge >= 0.3 is 0 Å². The maximum Gasteiger partial charge on any atom is 0.235 e. The summed E-state index contributed by atoms with van der Waals surface area (Å²) in [7, 11) is 0. The second-order valence-electron chi connectivity index (χ2n) is 11.7. The van der Waals surface area contributed by atoms with Crippen molar-refractivity contribution in [2.24, 2.45) is 17.1 Å². The summed E-state index contributed by atoms with van der Waals surface area (Å²) in [6.45, 7) is 11.9. The fourth-order valence-electron chi connectivity index (χ4n) is 7.09. The number of carbonyl (C=O) groups excluding carboxylic acids is 1. The maximum absolute atomic E-state index is 14.6. The standard InChI is InChI=1S/C38H47N3O/c1-5-12-32-26-35(37(42)41(32)36-22-21-31(23-25-39)33-15-10-11-16-34(33)36)38(7-3,24-6-2)28(4)13-8-9-14-29-17-19-30(27-40)20-18-29/h10-12,15-22,35H,4-9,13-14,23-26,39H2,1-3H3/b32-12-. The Morgan fingerprint density at radius 1 is 1.05 bits per heavy atom. The summed E-state index contributed by atoms with van der Waals surface area (Å²) in [6, 6.07) is 22.8. The molecular weight excluding hydrogens is 514 g/mol. The Morgan fingerprint density at radius 2 is 1.79 bits per heavy atom. The van der Waals surface area contributed by atoms with Crippen molar-refractivity contribution in [1.29, 1.82) is 5.26 Å². The number of nitrogens with zero attached hydrogens (tertiary/aromatic N) is 2. The Labute approximate surface area is 252 Å². The second-order valence-corrected chi connectivity index (χ2v) is 11.7. The van der Waals surface area contributed by atoms with Crippen LogP contribution in [-0.4, -0.2) is 12.5 Å². The SMILES string of the molecule is C=C(CCCCc1ccc(C#N)cc1)C(CC)(CCC)C1C/C(=C/CC)N(c2ccc(CCN)c3ccccc23)C1=O. The quantitative estimate of drug-likeness (QED) is 0.158. The lowest BCUT2D eigenvalue weighted by molar-refractivity contribution is -0.123. The molecule has 2 atom stereocenters. The van der Waals surface area contributed by atoms with Crippen molar-refractivity contribution in [3.05, 3.63) is 101 Å². The van der Waals surface area contributed by atoms with Crippen LogP contribution in [0.15, 0.2) is 84.6 Å². The number of nitrogens with two attached hydrogens (primary N) is 1. The van der Waals surface area contributed by atoms with Gasteiger partial charge in [-0.1, -0.05) is 87.9 Å². The van der Waals surface area contributed by atoms with Crippen molar-refractivity contribution >= 4 is 22.4 Å². The van der Waals surface area contributed by atoms with Crippen LogP contribution in [0.1, 0.15) is 88.8 Å². The Kier molecular flexibility index (Phi) is 10.8. The average Bonchev–Trinajstić information content (AvgIpc) is 3.34. The molecule has 0 bridgehead atoms. The molecule has 2 unspecified atom stereocenters. The topological polar surface area (TPSA) is 70.1 Å². The highest BCUT2D eigenvalue weighted by molar-refractivity contribution is 6.09. The summed E-state index contributed by atoms with van der Waals surface area (Å²) < 4.78 is 0. The van der Waals surface area contributed by atoms with Crippen LogP contribution < -0.4 is 10.6 Å². The molecule has 4 rings (SSSR count). The van der Waals surface area contributed by atoms with E-state index in [-0.39, 0.29) is 17.2 Å². The lowest BCUT2D eigenvalue weighted by atomic mass is 9.64. The lowest BCUT2D eigenvalue weighted by Crippen LogP contribution is -2.38. The number of fused-ring (bicyclic) bond motifs is 1. The van der Waals surface area contributed by atoms with E-state index in [2.05, 4.69) is 88.0 Å². The number of hydrogen-bond acceptors (Lipinski definition) is 3. The summed E-state index contributed by atoms with van der Waals surface area (Å²) >= 11 is 0. The minimum atomic E-state index is -0.225. The predicted octanol–water partition coefficient (Wildman–Crippen LogP) is 9.03. The fourth-order valence-corrected chi connectivity index (χ4v) is 7.09. The molecule has 1 fully saturated rings. The predicted molar refractivity (Wildman–Crippen MR) is 176 cm³/mol. The van der Waals surface area contributed by atoms with Crippen molar-refractivity contribution < 1.29 is 4.79 Å². The van der Waals surface area contributed by atoms with Gasteiger partial charge in [0, 0.05) is 22.9 Å². The van der Waals surface area contributed by atoms with Gasteiger partial charge in [-0.2, -0.15) is 5.26 Å². The average molecular weight is 562 g/mol. The Balaban J connectivity index is 1.60. The highest BCUT2D eigenvalue weighted by Crippen LogP contribution is 2.52. The summed E-state index contributed by atoms with van der Waals surface area (Å²) in [5.74, 6) is 0.0919. The summed E-state index contributed by atoms with van der Waals surface area (Å²) in [6.07, 6.45) is 11.6. The number of amides is 1. The van der Waals surface area contributed by atoms with Crippen molar-refractivity contribution in [1.82, 2.24) is 0 Å². The summed E-state index contributed by atoms with van der Waals surface area (Å²) in [4.78, 5) is 16.6. The molecule has 1 amide bonds. The molecular formula is C38H47N3O. The molecule has 3 aromatic carbocycles. The Bertz CT molecular complexity index is 1460. The molecule has 42 heavy (non-hydrogen) atoms. The van der Waals surface area contributed by atoms with Crippen molar-refractivity contribution in [3.8, 4) is 6.07 Å². The van der Waals surface area contributed by atoms with Gasteiger partial charge in [-0.3, -0.25) is 9.69 Å². The zero-order chi connectivity index (χ0) is 30.1. The number of hydrogen-bond donors (Lipinski definition) is 1. The number of benzene rings is 3. The van der Waals surface area contributed by atoms with Gasteiger partial charge in [0.15, 0.2) is 0 Å². The third-order valence-electron chi connectivity index (χ3n) is 9.28. The number of nitriles is 1. The highest BCUT2D eigenvalue weighted by atomic mass is 16.2. The van der Waals surface area contributed by atoms with E-state index < -0.39 is 0 Å². The van der Waals surface area contributed by atoms with E-state index in [1.807, 2.05) is 17.0 Å². The minimum absolute atomic E-state index is 0.117. The van der Waals surface area contributed by atoms with E-state index in [1.165, 1.54) is 22.1 Å². The zero-order valence-electron chi connectivity index (χ0n) is 25.8. The van der Waals surface area contributed by atoms with E-state index in [4.69, 9.17) is 11.0 Å². The largest absolute Gasteiger partial charge is 0.330 e. The van der Waals surface area contributed by atoms with Crippen LogP contribution in [0.5, 0.6) is 0 Å². The molecule has 0 saturated carbocycles. The molecule has 4 heteroatoms. The normalized spacial score (nSPS) is 17.5. The molecule has 3 aromatic rings. The Hall–Kier alpha value is -3.68. The van der Waals surface area contributed by atoms with Gasteiger partial charge in [0.2, 0.25) is 5.91 Å². The van der Waals surface area contributed by atoms with E-state index in [0.717, 1.165) is 81.0 Å². The maximum atomic E-state index is 14.6. The van der Waals surface area contributed by atoms with Crippen LogP contribution in [0.3, 0.4) is 0 Å². The van der Waals surface area contributed by atoms with Gasteiger partial charge in [0.05, 0.1) is 23.2 Å². The number of rotatable bonds is 14. The van der Waals surface area contributed by atoms with E-state index >= 15 is 0 Å². The monoisotopic (exact) mass is 561 g/mol. The third kappa shape index (κ3) is 6.37. The zero-order valence-corrected chi connectivity index (χ0v) is 25.8. The first-order chi connectivity index (χ1) is 20.4.